The van der Waals surface area contributed by atoms with Crippen molar-refractivity contribution in [2.24, 2.45) is 12.8 Å². The van der Waals surface area contributed by atoms with E-state index in [1.807, 2.05) is 41.8 Å². The number of hydrogen-bond donors (Lipinski definition) is 3. The summed E-state index contributed by atoms with van der Waals surface area (Å²) in [7, 11) is 1.80. The maximum atomic E-state index is 12.8. The molecule has 4 N–H and O–H groups in total. The first-order valence-electron chi connectivity index (χ1n) is 10.9. The van der Waals surface area contributed by atoms with Gasteiger partial charge < -0.3 is 20.9 Å². The average molecular weight is 567 g/mol. The van der Waals surface area contributed by atoms with Gasteiger partial charge in [-0.3, -0.25) is 9.48 Å². The molecule has 0 radical (unpaired) electrons. The van der Waals surface area contributed by atoms with Crippen molar-refractivity contribution >= 4 is 40.5 Å². The Morgan fingerprint density at radius 3 is 2.39 bits per heavy atom. The van der Waals surface area contributed by atoms with Gasteiger partial charge in [0.15, 0.2) is 0 Å². The largest absolute Gasteiger partial charge is 0.492 e. The number of aromatic nitrogens is 2. The molecular weight excluding hydrogens is 545 g/mol. The number of aryl methyl sites for hydroxylation is 1. The number of halogens is 4. The van der Waals surface area contributed by atoms with E-state index in [1.165, 1.54) is 0 Å². The van der Waals surface area contributed by atoms with Crippen molar-refractivity contribution in [2.75, 3.05) is 18.5 Å². The zero-order valence-electron chi connectivity index (χ0n) is 19.8. The summed E-state index contributed by atoms with van der Waals surface area (Å²) in [6.07, 6.45) is -3.51. The normalized spacial score (nSPS) is 10.9. The molecule has 0 bridgehead atoms. The third-order valence-corrected chi connectivity index (χ3v) is 6.15. The topological polar surface area (TPSA) is 119 Å². The first-order chi connectivity index (χ1) is 18.0. The number of amides is 1. The van der Waals surface area contributed by atoms with Crippen LogP contribution in [-0.2, 0) is 11.8 Å². The molecule has 200 valence electrons. The van der Waals surface area contributed by atoms with Crippen molar-refractivity contribution in [1.29, 1.82) is 0 Å². The van der Waals surface area contributed by atoms with Gasteiger partial charge >= 0.3 is 12.1 Å². The molecule has 0 saturated carbocycles. The first-order valence-corrected chi connectivity index (χ1v) is 12.2. The number of carboxylic acid groups (broad SMARTS) is 1. The number of aliphatic carboxylic acids is 1. The Bertz CT molecular complexity index is 1370. The Hall–Kier alpha value is -3.87. The first kappa shape index (κ1) is 28.7. The van der Waals surface area contributed by atoms with Gasteiger partial charge in [0.25, 0.3) is 5.91 Å². The summed E-state index contributed by atoms with van der Waals surface area (Å²) in [5.41, 5.74) is 9.29. The molecule has 1 amide bonds. The minimum atomic E-state index is -5.08. The number of nitrogens with two attached hydrogens (primary N) is 1. The molecule has 0 unspecified atom stereocenters. The van der Waals surface area contributed by atoms with Crippen LogP contribution >= 0.6 is 22.9 Å². The number of carbonyl (C=O) groups excluding carboxylic acids is 1. The third-order valence-electron chi connectivity index (χ3n) is 4.96. The predicted octanol–water partition coefficient (Wildman–Crippen LogP) is 5.69. The van der Waals surface area contributed by atoms with E-state index < -0.39 is 12.1 Å². The Morgan fingerprint density at radius 1 is 1.18 bits per heavy atom. The standard InChI is InChI=1S/C23H21ClN4O2S.C2HF3O2/c1-28-22(19(24)14-26-28)18-13-17(8-9-20(18)30-11-10-25)27-23(29)16-6-4-15(5-7-16)21-3-2-12-31-21;3-2(4,5)1(6)7/h2-9,12-14H,10-11,25H2,1H3,(H,27,29);(H,6,7). The summed E-state index contributed by atoms with van der Waals surface area (Å²) < 4.78 is 39.2. The number of nitrogens with zero attached hydrogens (tertiary/aromatic N) is 2. The molecule has 0 aliphatic carbocycles. The van der Waals surface area contributed by atoms with Crippen molar-refractivity contribution in [1.82, 2.24) is 9.78 Å². The highest BCUT2D eigenvalue weighted by Crippen LogP contribution is 2.36. The Balaban J connectivity index is 0.000000505. The van der Waals surface area contributed by atoms with Crippen molar-refractivity contribution in [3.8, 4) is 27.4 Å². The number of ether oxygens (including phenoxy) is 1. The monoisotopic (exact) mass is 566 g/mol. The second-order valence-corrected chi connectivity index (χ2v) is 8.98. The van der Waals surface area contributed by atoms with Crippen LogP contribution in [0.2, 0.25) is 5.02 Å². The van der Waals surface area contributed by atoms with Gasteiger partial charge in [0.2, 0.25) is 0 Å². The van der Waals surface area contributed by atoms with E-state index in [-0.39, 0.29) is 5.91 Å². The predicted molar refractivity (Wildman–Crippen MR) is 140 cm³/mol. The lowest BCUT2D eigenvalue weighted by Crippen LogP contribution is -2.21. The van der Waals surface area contributed by atoms with Gasteiger partial charge in [-0.25, -0.2) is 4.79 Å². The number of nitrogens with one attached hydrogen (secondary N) is 1. The molecule has 0 atom stereocenters. The minimum absolute atomic E-state index is 0.199. The van der Waals surface area contributed by atoms with E-state index in [2.05, 4.69) is 16.5 Å². The maximum Gasteiger partial charge on any atom is 0.490 e. The van der Waals surface area contributed by atoms with Gasteiger partial charge in [-0.1, -0.05) is 29.8 Å². The Morgan fingerprint density at radius 2 is 1.87 bits per heavy atom. The number of carbonyl (C=O) groups is 2. The van der Waals surface area contributed by atoms with Crippen LogP contribution in [-0.4, -0.2) is 46.1 Å². The molecule has 4 aromatic rings. The van der Waals surface area contributed by atoms with Gasteiger partial charge in [-0.15, -0.1) is 11.3 Å². The van der Waals surface area contributed by atoms with E-state index in [4.69, 9.17) is 32.0 Å². The number of anilines is 1. The van der Waals surface area contributed by atoms with Gasteiger partial charge in [0.05, 0.1) is 16.9 Å². The fourth-order valence-corrected chi connectivity index (χ4v) is 4.23. The molecule has 2 heterocycles. The summed E-state index contributed by atoms with van der Waals surface area (Å²) in [6.45, 7) is 0.753. The average Bonchev–Trinajstić information content (AvgIpc) is 3.53. The molecule has 8 nitrogen and oxygen atoms in total. The van der Waals surface area contributed by atoms with Crippen LogP contribution in [0, 0.1) is 0 Å². The number of benzene rings is 2. The smallest absolute Gasteiger partial charge is 0.490 e. The van der Waals surface area contributed by atoms with E-state index >= 15 is 0 Å². The van der Waals surface area contributed by atoms with Gasteiger partial charge in [0, 0.05) is 35.3 Å². The van der Waals surface area contributed by atoms with Crippen LogP contribution in [0.4, 0.5) is 18.9 Å². The molecule has 0 fully saturated rings. The maximum absolute atomic E-state index is 12.8. The molecule has 38 heavy (non-hydrogen) atoms. The number of alkyl halides is 3. The number of thiophene rings is 1. The van der Waals surface area contributed by atoms with E-state index in [0.717, 1.165) is 16.0 Å². The molecule has 0 spiro atoms. The van der Waals surface area contributed by atoms with Crippen LogP contribution in [0.5, 0.6) is 5.75 Å². The molecule has 0 aliphatic rings. The zero-order chi connectivity index (χ0) is 27.9. The lowest BCUT2D eigenvalue weighted by atomic mass is 10.1. The fourth-order valence-electron chi connectivity index (χ4n) is 3.23. The molecule has 4 rings (SSSR count). The molecule has 2 aromatic heterocycles. The zero-order valence-corrected chi connectivity index (χ0v) is 21.4. The van der Waals surface area contributed by atoms with Gasteiger partial charge in [-0.05, 0) is 47.3 Å². The summed E-state index contributed by atoms with van der Waals surface area (Å²) in [4.78, 5) is 22.9. The van der Waals surface area contributed by atoms with Crippen LogP contribution in [0.3, 0.4) is 0 Å². The van der Waals surface area contributed by atoms with Crippen molar-refractivity contribution in [3.63, 3.8) is 0 Å². The molecule has 2 aromatic carbocycles. The fraction of sp³-hybridized carbons (Fsp3) is 0.160. The van der Waals surface area contributed by atoms with Crippen molar-refractivity contribution in [2.45, 2.75) is 6.18 Å². The number of rotatable bonds is 7. The van der Waals surface area contributed by atoms with Crippen LogP contribution < -0.4 is 15.8 Å². The highest BCUT2D eigenvalue weighted by atomic mass is 35.5. The molecule has 13 heteroatoms. The molecular formula is C25H22ClF3N4O4S. The van der Waals surface area contributed by atoms with E-state index in [9.17, 15) is 18.0 Å². The number of hydrogen-bond acceptors (Lipinski definition) is 6. The quantitative estimate of drug-likeness (QED) is 0.264. The Kier molecular flexibility index (Phi) is 9.50. The summed E-state index contributed by atoms with van der Waals surface area (Å²) in [6, 6.07) is 17.0. The van der Waals surface area contributed by atoms with Crippen LogP contribution in [0.15, 0.2) is 66.2 Å². The summed E-state index contributed by atoms with van der Waals surface area (Å²) in [5.74, 6) is -2.34. The SMILES string of the molecule is Cn1ncc(Cl)c1-c1cc(NC(=O)c2ccc(-c3cccs3)cc2)ccc1OCCN.O=C(O)C(F)(F)F. The second-order valence-electron chi connectivity index (χ2n) is 7.62. The number of carboxylic acids is 1. The minimum Gasteiger partial charge on any atom is -0.492 e. The second kappa shape index (κ2) is 12.6. The lowest BCUT2D eigenvalue weighted by Gasteiger charge is -2.14. The van der Waals surface area contributed by atoms with Crippen LogP contribution in [0.25, 0.3) is 21.7 Å². The highest BCUT2D eigenvalue weighted by Gasteiger charge is 2.38. The van der Waals surface area contributed by atoms with Crippen molar-refractivity contribution < 1.29 is 32.6 Å². The molecule has 0 aliphatic heterocycles. The highest BCUT2D eigenvalue weighted by molar-refractivity contribution is 7.13. The summed E-state index contributed by atoms with van der Waals surface area (Å²) in [5, 5.41) is 16.8. The van der Waals surface area contributed by atoms with Crippen molar-refractivity contribution in [3.05, 3.63) is 76.8 Å². The van der Waals surface area contributed by atoms with E-state index in [0.29, 0.717) is 40.9 Å². The van der Waals surface area contributed by atoms with Gasteiger partial charge in [-0.2, -0.15) is 18.3 Å². The van der Waals surface area contributed by atoms with Crippen LogP contribution in [0.1, 0.15) is 10.4 Å². The van der Waals surface area contributed by atoms with Gasteiger partial charge in [0.1, 0.15) is 12.4 Å². The van der Waals surface area contributed by atoms with E-state index in [1.54, 1.807) is 41.4 Å². The lowest BCUT2D eigenvalue weighted by molar-refractivity contribution is -0.192. The Labute approximate surface area is 224 Å². The summed E-state index contributed by atoms with van der Waals surface area (Å²) >= 11 is 8.01. The third kappa shape index (κ3) is 7.34. The molecule has 0 saturated heterocycles.